The van der Waals surface area contributed by atoms with E-state index in [1.54, 1.807) is 6.92 Å². The Morgan fingerprint density at radius 2 is 2.27 bits per heavy atom. The van der Waals surface area contributed by atoms with Crippen LogP contribution in [0.4, 0.5) is 0 Å². The molecule has 1 saturated heterocycles. The quantitative estimate of drug-likeness (QED) is 0.472. The van der Waals surface area contributed by atoms with E-state index >= 15 is 0 Å². The Balaban J connectivity index is 2.32. The van der Waals surface area contributed by atoms with Gasteiger partial charge < -0.3 is 20.3 Å². The molecule has 11 heavy (non-hydrogen) atoms. The molecule has 0 saturated carbocycles. The van der Waals surface area contributed by atoms with Crippen LogP contribution >= 0.6 is 0 Å². The highest BCUT2D eigenvalue weighted by Crippen LogP contribution is 2.05. The van der Waals surface area contributed by atoms with Crippen molar-refractivity contribution in [2.75, 3.05) is 19.7 Å². The Morgan fingerprint density at radius 1 is 1.55 bits per heavy atom. The molecule has 0 aromatic rings. The molecule has 1 fully saturated rings. The van der Waals surface area contributed by atoms with Crippen LogP contribution in [0, 0.1) is 0 Å². The largest absolute Gasteiger partial charge is 0.391 e. The minimum atomic E-state index is -0.775. The summed E-state index contributed by atoms with van der Waals surface area (Å²) < 4.78 is 5.23. The van der Waals surface area contributed by atoms with E-state index in [0.29, 0.717) is 13.2 Å². The van der Waals surface area contributed by atoms with Gasteiger partial charge in [0.2, 0.25) is 0 Å². The summed E-state index contributed by atoms with van der Waals surface area (Å²) in [6.07, 6.45) is -1.76. The zero-order chi connectivity index (χ0) is 8.27. The summed E-state index contributed by atoms with van der Waals surface area (Å²) >= 11 is 0. The van der Waals surface area contributed by atoms with Gasteiger partial charge in [0, 0.05) is 13.1 Å². The van der Waals surface area contributed by atoms with Crippen LogP contribution < -0.4 is 5.32 Å². The maximum absolute atomic E-state index is 9.34. The summed E-state index contributed by atoms with van der Waals surface area (Å²) in [6.45, 7) is 3.60. The normalized spacial score (nSPS) is 31.4. The van der Waals surface area contributed by atoms with E-state index in [9.17, 15) is 5.11 Å². The molecule has 4 heteroatoms. The SMILES string of the molecule is CC(O)C(O)C1CNCCO1. The highest BCUT2D eigenvalue weighted by Gasteiger charge is 2.25. The van der Waals surface area contributed by atoms with Crippen LogP contribution in [0.5, 0.6) is 0 Å². The van der Waals surface area contributed by atoms with Crippen LogP contribution in [-0.4, -0.2) is 48.2 Å². The van der Waals surface area contributed by atoms with Crippen molar-refractivity contribution in [2.24, 2.45) is 0 Å². The molecular formula is C7H15NO3. The third-order valence-corrected chi connectivity index (χ3v) is 1.83. The Bertz CT molecular complexity index is 112. The van der Waals surface area contributed by atoms with Crippen molar-refractivity contribution in [2.45, 2.75) is 25.2 Å². The number of aliphatic hydroxyl groups excluding tert-OH is 2. The average Bonchev–Trinajstić information content (AvgIpc) is 2.05. The van der Waals surface area contributed by atoms with Gasteiger partial charge in [0.05, 0.1) is 18.8 Å². The second-order valence-corrected chi connectivity index (χ2v) is 2.84. The van der Waals surface area contributed by atoms with Gasteiger partial charge in [0.15, 0.2) is 0 Å². The summed E-state index contributed by atoms with van der Waals surface area (Å²) in [4.78, 5) is 0. The molecule has 1 rings (SSSR count). The van der Waals surface area contributed by atoms with Crippen LogP contribution in [0.3, 0.4) is 0 Å². The maximum Gasteiger partial charge on any atom is 0.107 e. The molecule has 3 atom stereocenters. The van der Waals surface area contributed by atoms with Gasteiger partial charge in [0.1, 0.15) is 6.10 Å². The van der Waals surface area contributed by atoms with Crippen molar-refractivity contribution < 1.29 is 14.9 Å². The summed E-state index contributed by atoms with van der Waals surface area (Å²) in [5, 5.41) is 21.4. The fourth-order valence-corrected chi connectivity index (χ4v) is 1.12. The van der Waals surface area contributed by atoms with Gasteiger partial charge in [-0.05, 0) is 6.92 Å². The van der Waals surface area contributed by atoms with Gasteiger partial charge in [-0.3, -0.25) is 0 Å². The monoisotopic (exact) mass is 161 g/mol. The molecular weight excluding hydrogens is 146 g/mol. The predicted octanol–water partition coefficient (Wildman–Crippen LogP) is -1.28. The van der Waals surface area contributed by atoms with Gasteiger partial charge in [-0.1, -0.05) is 0 Å². The standard InChI is InChI=1S/C7H15NO3/c1-5(9)7(10)6-4-8-2-3-11-6/h5-10H,2-4H2,1H3. The molecule has 4 nitrogen and oxygen atoms in total. The summed E-state index contributed by atoms with van der Waals surface area (Å²) in [7, 11) is 0. The number of morpholine rings is 1. The Kier molecular flexibility index (Phi) is 3.26. The predicted molar refractivity (Wildman–Crippen MR) is 40.3 cm³/mol. The van der Waals surface area contributed by atoms with Crippen LogP contribution in [0.2, 0.25) is 0 Å². The van der Waals surface area contributed by atoms with Crippen molar-refractivity contribution in [3.8, 4) is 0 Å². The van der Waals surface area contributed by atoms with Crippen molar-refractivity contribution in [3.05, 3.63) is 0 Å². The van der Waals surface area contributed by atoms with E-state index in [2.05, 4.69) is 5.32 Å². The molecule has 3 unspecified atom stereocenters. The molecule has 1 aliphatic heterocycles. The fourth-order valence-electron chi connectivity index (χ4n) is 1.12. The lowest BCUT2D eigenvalue weighted by Gasteiger charge is -2.29. The Hall–Kier alpha value is -0.160. The number of hydrogen-bond acceptors (Lipinski definition) is 4. The lowest BCUT2D eigenvalue weighted by molar-refractivity contribution is -0.0939. The van der Waals surface area contributed by atoms with Crippen LogP contribution in [0.1, 0.15) is 6.92 Å². The third-order valence-electron chi connectivity index (χ3n) is 1.83. The first-order chi connectivity index (χ1) is 5.22. The molecule has 1 heterocycles. The van der Waals surface area contributed by atoms with Crippen molar-refractivity contribution in [1.29, 1.82) is 0 Å². The number of hydrogen-bond donors (Lipinski definition) is 3. The van der Waals surface area contributed by atoms with Crippen molar-refractivity contribution in [3.63, 3.8) is 0 Å². The highest BCUT2D eigenvalue weighted by atomic mass is 16.5. The summed E-state index contributed by atoms with van der Waals surface area (Å²) in [6, 6.07) is 0. The minimum absolute atomic E-state index is 0.260. The second kappa shape index (κ2) is 4.01. The number of rotatable bonds is 2. The highest BCUT2D eigenvalue weighted by molar-refractivity contribution is 4.78. The molecule has 0 radical (unpaired) electrons. The Morgan fingerprint density at radius 3 is 2.73 bits per heavy atom. The lowest BCUT2D eigenvalue weighted by Crippen LogP contribution is -2.48. The zero-order valence-corrected chi connectivity index (χ0v) is 6.66. The van der Waals surface area contributed by atoms with E-state index in [1.807, 2.05) is 0 Å². The van der Waals surface area contributed by atoms with E-state index in [1.165, 1.54) is 0 Å². The minimum Gasteiger partial charge on any atom is -0.391 e. The number of aliphatic hydroxyl groups is 2. The van der Waals surface area contributed by atoms with Gasteiger partial charge in [0.25, 0.3) is 0 Å². The molecule has 3 N–H and O–H groups in total. The molecule has 0 aliphatic carbocycles. The van der Waals surface area contributed by atoms with Gasteiger partial charge in [-0.25, -0.2) is 0 Å². The van der Waals surface area contributed by atoms with Crippen molar-refractivity contribution in [1.82, 2.24) is 5.32 Å². The average molecular weight is 161 g/mol. The van der Waals surface area contributed by atoms with Crippen LogP contribution in [0.15, 0.2) is 0 Å². The molecule has 0 spiro atoms. The van der Waals surface area contributed by atoms with Gasteiger partial charge in [-0.15, -0.1) is 0 Å². The smallest absolute Gasteiger partial charge is 0.107 e. The molecule has 0 bridgehead atoms. The first-order valence-electron chi connectivity index (χ1n) is 3.90. The lowest BCUT2D eigenvalue weighted by atomic mass is 10.1. The summed E-state index contributed by atoms with van der Waals surface area (Å²) in [5.74, 6) is 0. The molecule has 0 aromatic carbocycles. The van der Waals surface area contributed by atoms with E-state index in [-0.39, 0.29) is 6.10 Å². The third kappa shape index (κ3) is 2.41. The first kappa shape index (κ1) is 8.93. The van der Waals surface area contributed by atoms with Crippen molar-refractivity contribution >= 4 is 0 Å². The first-order valence-corrected chi connectivity index (χ1v) is 3.90. The maximum atomic E-state index is 9.34. The fraction of sp³-hybridized carbons (Fsp3) is 1.00. The molecule has 0 aromatic heterocycles. The van der Waals surface area contributed by atoms with E-state index in [0.717, 1.165) is 6.54 Å². The second-order valence-electron chi connectivity index (χ2n) is 2.84. The zero-order valence-electron chi connectivity index (χ0n) is 6.66. The number of ether oxygens (including phenoxy) is 1. The van der Waals surface area contributed by atoms with E-state index in [4.69, 9.17) is 9.84 Å². The van der Waals surface area contributed by atoms with Gasteiger partial charge >= 0.3 is 0 Å². The van der Waals surface area contributed by atoms with Crippen LogP contribution in [-0.2, 0) is 4.74 Å². The molecule has 1 aliphatic rings. The molecule has 0 amide bonds. The topological polar surface area (TPSA) is 61.7 Å². The van der Waals surface area contributed by atoms with Crippen LogP contribution in [0.25, 0.3) is 0 Å². The molecule has 66 valence electrons. The summed E-state index contributed by atoms with van der Waals surface area (Å²) in [5.41, 5.74) is 0. The Labute approximate surface area is 66.2 Å². The van der Waals surface area contributed by atoms with E-state index < -0.39 is 12.2 Å². The van der Waals surface area contributed by atoms with Gasteiger partial charge in [-0.2, -0.15) is 0 Å². The number of nitrogens with one attached hydrogen (secondary N) is 1.